The summed E-state index contributed by atoms with van der Waals surface area (Å²) in [6.07, 6.45) is 4.31. The summed E-state index contributed by atoms with van der Waals surface area (Å²) in [6.45, 7) is 1.83. The number of benzene rings is 1. The molecule has 0 amide bonds. The van der Waals surface area contributed by atoms with E-state index in [1.807, 2.05) is 37.3 Å². The molecule has 94 valence electrons. The minimum absolute atomic E-state index is 0.364. The average Bonchev–Trinajstić information content (AvgIpc) is 3.00. The molecule has 2 heteroatoms. The molecule has 0 aliphatic heterocycles. The van der Waals surface area contributed by atoms with Gasteiger partial charge in [-0.15, -0.1) is 0 Å². The minimum Gasteiger partial charge on any atom is -0.384 e. The molecule has 2 aliphatic rings. The van der Waals surface area contributed by atoms with Crippen LogP contribution in [0.3, 0.4) is 0 Å². The summed E-state index contributed by atoms with van der Waals surface area (Å²) >= 11 is 0. The monoisotopic (exact) mass is 241 g/mol. The van der Waals surface area contributed by atoms with E-state index in [4.69, 9.17) is 0 Å². The smallest absolute Gasteiger partial charge is 0.106 e. The number of hydrogen-bond donors (Lipinski definition) is 1. The van der Waals surface area contributed by atoms with Gasteiger partial charge in [0.05, 0.1) is 11.5 Å². The van der Waals surface area contributed by atoms with Crippen molar-refractivity contribution in [2.24, 2.45) is 17.3 Å². The third kappa shape index (κ3) is 1.37. The summed E-state index contributed by atoms with van der Waals surface area (Å²) in [6, 6.07) is 12.2. The first-order valence-electron chi connectivity index (χ1n) is 6.79. The van der Waals surface area contributed by atoms with E-state index in [2.05, 4.69) is 6.07 Å². The molecule has 4 unspecified atom stereocenters. The number of nitriles is 1. The quantitative estimate of drug-likeness (QED) is 0.864. The number of aliphatic hydroxyl groups is 1. The second-order valence-corrected chi connectivity index (χ2v) is 6.10. The van der Waals surface area contributed by atoms with Crippen LogP contribution in [0.1, 0.15) is 38.2 Å². The highest BCUT2D eigenvalue weighted by molar-refractivity contribution is 5.31. The van der Waals surface area contributed by atoms with E-state index in [9.17, 15) is 10.4 Å². The van der Waals surface area contributed by atoms with Crippen molar-refractivity contribution in [3.8, 4) is 6.07 Å². The fraction of sp³-hybridized carbons (Fsp3) is 0.562. The predicted molar refractivity (Wildman–Crippen MR) is 69.5 cm³/mol. The Kier molecular flexibility index (Phi) is 2.50. The normalized spacial score (nSPS) is 37.2. The second kappa shape index (κ2) is 3.83. The molecule has 2 saturated carbocycles. The highest BCUT2D eigenvalue weighted by Gasteiger charge is 2.60. The van der Waals surface area contributed by atoms with E-state index in [0.717, 1.165) is 24.8 Å². The maximum atomic E-state index is 11.0. The lowest BCUT2D eigenvalue weighted by atomic mass is 9.61. The third-order valence-corrected chi connectivity index (χ3v) is 5.25. The Labute approximate surface area is 108 Å². The molecule has 0 saturated heterocycles. The van der Waals surface area contributed by atoms with Crippen LogP contribution >= 0.6 is 0 Å². The lowest BCUT2D eigenvalue weighted by Crippen LogP contribution is -2.46. The van der Waals surface area contributed by atoms with Crippen LogP contribution in [0, 0.1) is 28.6 Å². The van der Waals surface area contributed by atoms with E-state index in [1.54, 1.807) is 0 Å². The van der Waals surface area contributed by atoms with Crippen molar-refractivity contribution >= 4 is 0 Å². The lowest BCUT2D eigenvalue weighted by Gasteiger charge is -2.43. The lowest BCUT2D eigenvalue weighted by molar-refractivity contribution is -0.0734. The third-order valence-electron chi connectivity index (χ3n) is 5.25. The molecule has 18 heavy (non-hydrogen) atoms. The van der Waals surface area contributed by atoms with Gasteiger partial charge in [-0.05, 0) is 43.6 Å². The number of nitrogens with zero attached hydrogens (tertiary/aromatic N) is 1. The summed E-state index contributed by atoms with van der Waals surface area (Å²) in [5, 5.41) is 20.8. The van der Waals surface area contributed by atoms with Gasteiger partial charge in [-0.25, -0.2) is 0 Å². The van der Waals surface area contributed by atoms with Gasteiger partial charge in [0.2, 0.25) is 0 Å². The van der Waals surface area contributed by atoms with E-state index in [1.165, 1.54) is 6.42 Å². The molecule has 2 bridgehead atoms. The largest absolute Gasteiger partial charge is 0.384 e. The fourth-order valence-corrected chi connectivity index (χ4v) is 4.19. The van der Waals surface area contributed by atoms with Crippen LogP contribution < -0.4 is 0 Å². The molecule has 0 aromatic heterocycles. The zero-order valence-corrected chi connectivity index (χ0v) is 10.8. The molecule has 0 radical (unpaired) electrons. The molecule has 1 N–H and O–H groups in total. The molecule has 4 atom stereocenters. The molecular formula is C16H19NO. The Morgan fingerprint density at radius 2 is 2.06 bits per heavy atom. The molecule has 2 aliphatic carbocycles. The van der Waals surface area contributed by atoms with Gasteiger partial charge < -0.3 is 5.11 Å². The van der Waals surface area contributed by atoms with E-state index in [0.29, 0.717) is 11.8 Å². The number of fused-ring (bicyclic) bond motifs is 2. The van der Waals surface area contributed by atoms with Crippen LogP contribution in [0.2, 0.25) is 0 Å². The molecule has 0 heterocycles. The Bertz CT molecular complexity index is 488. The van der Waals surface area contributed by atoms with Crippen LogP contribution in [0.4, 0.5) is 0 Å². The highest BCUT2D eigenvalue weighted by Crippen LogP contribution is 2.62. The second-order valence-electron chi connectivity index (χ2n) is 6.10. The molecular weight excluding hydrogens is 222 g/mol. The van der Waals surface area contributed by atoms with Crippen LogP contribution in [0.5, 0.6) is 0 Å². The van der Waals surface area contributed by atoms with Crippen LogP contribution in [-0.4, -0.2) is 5.11 Å². The van der Waals surface area contributed by atoms with Gasteiger partial charge in [-0.3, -0.25) is 0 Å². The molecule has 3 rings (SSSR count). The Hall–Kier alpha value is -1.33. The van der Waals surface area contributed by atoms with Crippen molar-refractivity contribution in [1.82, 2.24) is 0 Å². The van der Waals surface area contributed by atoms with Gasteiger partial charge in [0.25, 0.3) is 0 Å². The van der Waals surface area contributed by atoms with Crippen LogP contribution in [-0.2, 0) is 5.60 Å². The zero-order chi connectivity index (χ0) is 12.8. The first-order chi connectivity index (χ1) is 8.60. The summed E-state index contributed by atoms with van der Waals surface area (Å²) in [5.41, 5.74) is -0.751. The van der Waals surface area contributed by atoms with Crippen LogP contribution in [0.25, 0.3) is 0 Å². The zero-order valence-electron chi connectivity index (χ0n) is 10.8. The Balaban J connectivity index is 2.05. The van der Waals surface area contributed by atoms with E-state index < -0.39 is 11.0 Å². The van der Waals surface area contributed by atoms with Crippen LogP contribution in [0.15, 0.2) is 30.3 Å². The van der Waals surface area contributed by atoms with Gasteiger partial charge in [0.15, 0.2) is 0 Å². The summed E-state index contributed by atoms with van der Waals surface area (Å²) in [5.74, 6) is 1.01. The topological polar surface area (TPSA) is 44.0 Å². The molecule has 1 aromatic carbocycles. The SMILES string of the molecule is CC(O)(c1ccccc1)C1(C#N)CC2CCC1C2. The molecule has 2 nitrogen and oxygen atoms in total. The standard InChI is InChI=1S/C16H19NO/c1-15(18,13-5-3-2-4-6-13)16(11-17)10-12-7-8-14(16)9-12/h2-6,12,14,18H,7-10H2,1H3. The molecule has 0 spiro atoms. The first kappa shape index (κ1) is 11.7. The Morgan fingerprint density at radius 1 is 1.33 bits per heavy atom. The van der Waals surface area contributed by atoms with Crippen molar-refractivity contribution < 1.29 is 5.11 Å². The van der Waals surface area contributed by atoms with Crippen molar-refractivity contribution in [2.75, 3.05) is 0 Å². The van der Waals surface area contributed by atoms with E-state index in [-0.39, 0.29) is 0 Å². The van der Waals surface area contributed by atoms with Crippen molar-refractivity contribution in [3.63, 3.8) is 0 Å². The fourth-order valence-electron chi connectivity index (χ4n) is 4.19. The number of rotatable bonds is 2. The van der Waals surface area contributed by atoms with Gasteiger partial charge in [0, 0.05) is 0 Å². The molecule has 2 fully saturated rings. The molecule has 1 aromatic rings. The summed E-state index contributed by atoms with van der Waals surface area (Å²) in [7, 11) is 0. The minimum atomic E-state index is -1.04. The first-order valence-corrected chi connectivity index (χ1v) is 6.79. The summed E-state index contributed by atoms with van der Waals surface area (Å²) < 4.78 is 0. The van der Waals surface area contributed by atoms with Gasteiger partial charge in [-0.2, -0.15) is 5.26 Å². The van der Waals surface area contributed by atoms with Crippen molar-refractivity contribution in [2.45, 2.75) is 38.2 Å². The summed E-state index contributed by atoms with van der Waals surface area (Å²) in [4.78, 5) is 0. The van der Waals surface area contributed by atoms with Gasteiger partial charge >= 0.3 is 0 Å². The number of hydrogen-bond acceptors (Lipinski definition) is 2. The highest BCUT2D eigenvalue weighted by atomic mass is 16.3. The Morgan fingerprint density at radius 3 is 2.56 bits per heavy atom. The van der Waals surface area contributed by atoms with E-state index >= 15 is 0 Å². The predicted octanol–water partition coefficient (Wildman–Crippen LogP) is 3.22. The maximum absolute atomic E-state index is 11.0. The average molecular weight is 241 g/mol. The van der Waals surface area contributed by atoms with Gasteiger partial charge in [0.1, 0.15) is 5.60 Å². The van der Waals surface area contributed by atoms with Crippen molar-refractivity contribution in [1.29, 1.82) is 5.26 Å². The van der Waals surface area contributed by atoms with Gasteiger partial charge in [-0.1, -0.05) is 36.8 Å². The van der Waals surface area contributed by atoms with Crippen molar-refractivity contribution in [3.05, 3.63) is 35.9 Å². The maximum Gasteiger partial charge on any atom is 0.106 e.